The van der Waals surface area contributed by atoms with Gasteiger partial charge in [-0.3, -0.25) is 0 Å². The lowest BCUT2D eigenvalue weighted by molar-refractivity contribution is 1.50. The molecule has 4 N–H and O–H groups in total. The molecule has 0 aliphatic rings. The van der Waals surface area contributed by atoms with Crippen molar-refractivity contribution in [2.45, 2.75) is 0 Å². The van der Waals surface area contributed by atoms with Crippen LogP contribution in [0.1, 0.15) is 11.1 Å². The normalized spacial score (nSPS) is 11.1. The summed E-state index contributed by atoms with van der Waals surface area (Å²) in [5, 5.41) is 18.7. The molecular weight excluding hydrogens is 248 g/mol. The van der Waals surface area contributed by atoms with Crippen LogP contribution in [0.25, 0.3) is 11.1 Å². The number of nitrogens with zero attached hydrogens (tertiary/aromatic N) is 2. The van der Waals surface area contributed by atoms with Crippen LogP contribution in [-0.2, 0) is 0 Å². The Bertz CT molecular complexity index is 661. The first-order chi connectivity index (χ1) is 9.65. The van der Waals surface area contributed by atoms with Crippen molar-refractivity contribution in [3.8, 4) is 12.1 Å². The molecule has 20 heavy (non-hydrogen) atoms. The summed E-state index contributed by atoms with van der Waals surface area (Å²) in [5.41, 5.74) is 14.4. The molecule has 0 aliphatic heterocycles. The van der Waals surface area contributed by atoms with Crippen LogP contribution in [0.5, 0.6) is 0 Å². The van der Waals surface area contributed by atoms with Crippen LogP contribution >= 0.6 is 0 Å². The Morgan fingerprint density at radius 2 is 0.950 bits per heavy atom. The van der Waals surface area contributed by atoms with Crippen molar-refractivity contribution in [3.63, 3.8) is 0 Å². The summed E-state index contributed by atoms with van der Waals surface area (Å²) < 4.78 is 0. The van der Waals surface area contributed by atoms with E-state index in [9.17, 15) is 10.5 Å². The zero-order chi connectivity index (χ0) is 14.5. The summed E-state index contributed by atoms with van der Waals surface area (Å²) in [4.78, 5) is 0. The number of nitrogens with two attached hydrogens (primary N) is 2. The van der Waals surface area contributed by atoms with E-state index >= 15 is 0 Å². The van der Waals surface area contributed by atoms with Crippen LogP contribution in [-0.4, -0.2) is 0 Å². The number of benzene rings is 2. The molecule has 0 saturated carbocycles. The molecule has 0 saturated heterocycles. The third-order valence-electron chi connectivity index (χ3n) is 2.87. The lowest BCUT2D eigenvalue weighted by atomic mass is 9.96. The fourth-order valence-electron chi connectivity index (χ4n) is 1.83. The van der Waals surface area contributed by atoms with Gasteiger partial charge in [0.1, 0.15) is 12.1 Å². The summed E-state index contributed by atoms with van der Waals surface area (Å²) in [6, 6.07) is 17.9. The fraction of sp³-hybridized carbons (Fsp3) is 0. The number of allylic oxidation sites excluding steroid dienone is 2. The molecule has 0 atom stereocenters. The third-order valence-corrected chi connectivity index (χ3v) is 2.87. The Morgan fingerprint density at radius 1 is 0.650 bits per heavy atom. The van der Waals surface area contributed by atoms with Crippen molar-refractivity contribution in [1.82, 2.24) is 0 Å². The van der Waals surface area contributed by atoms with Gasteiger partial charge in [-0.25, -0.2) is 0 Å². The molecule has 0 fully saturated rings. The lowest BCUT2D eigenvalue weighted by Crippen LogP contribution is -1.92. The molecule has 0 radical (unpaired) electrons. The van der Waals surface area contributed by atoms with Gasteiger partial charge >= 0.3 is 0 Å². The standard InChI is InChI=1S/C16H12N4/c17-9-15(11-1-5-13(19)6-2-11)16(10-18)12-3-7-14(20)8-4-12/h1-8H,19-20H2. The first-order valence-electron chi connectivity index (χ1n) is 5.92. The van der Waals surface area contributed by atoms with Gasteiger partial charge in [-0.2, -0.15) is 10.5 Å². The van der Waals surface area contributed by atoms with Gasteiger partial charge in [0.05, 0.1) is 11.1 Å². The predicted octanol–water partition coefficient (Wildman–Crippen LogP) is 2.81. The summed E-state index contributed by atoms with van der Waals surface area (Å²) in [6.45, 7) is 0. The maximum Gasteiger partial charge on any atom is 0.101 e. The molecule has 4 nitrogen and oxygen atoms in total. The van der Waals surface area contributed by atoms with E-state index in [2.05, 4.69) is 12.1 Å². The summed E-state index contributed by atoms with van der Waals surface area (Å²) in [7, 11) is 0. The Balaban J connectivity index is 2.60. The van der Waals surface area contributed by atoms with Gasteiger partial charge in [-0.1, -0.05) is 24.3 Å². The highest BCUT2D eigenvalue weighted by molar-refractivity contribution is 6.02. The molecule has 96 valence electrons. The van der Waals surface area contributed by atoms with E-state index in [1.807, 2.05) is 0 Å². The lowest BCUT2D eigenvalue weighted by Gasteiger charge is -2.05. The van der Waals surface area contributed by atoms with Crippen molar-refractivity contribution >= 4 is 22.5 Å². The zero-order valence-corrected chi connectivity index (χ0v) is 10.7. The quantitative estimate of drug-likeness (QED) is 0.492. The number of nitriles is 2. The zero-order valence-electron chi connectivity index (χ0n) is 10.7. The van der Waals surface area contributed by atoms with Gasteiger partial charge in [0.25, 0.3) is 0 Å². The second-order valence-corrected chi connectivity index (χ2v) is 4.22. The SMILES string of the molecule is N#CC(=C(C#N)c1ccc(N)cc1)c1ccc(N)cc1. The third kappa shape index (κ3) is 2.60. The smallest absolute Gasteiger partial charge is 0.101 e. The van der Waals surface area contributed by atoms with E-state index in [4.69, 9.17) is 11.5 Å². The largest absolute Gasteiger partial charge is 0.399 e. The van der Waals surface area contributed by atoms with Gasteiger partial charge in [0.15, 0.2) is 0 Å². The van der Waals surface area contributed by atoms with Crippen LogP contribution in [0.2, 0.25) is 0 Å². The van der Waals surface area contributed by atoms with E-state index in [-0.39, 0.29) is 0 Å². The average Bonchev–Trinajstić information content (AvgIpc) is 2.47. The minimum atomic E-state index is 0.317. The minimum absolute atomic E-state index is 0.317. The highest BCUT2D eigenvalue weighted by Crippen LogP contribution is 2.26. The number of anilines is 2. The van der Waals surface area contributed by atoms with Gasteiger partial charge in [-0.15, -0.1) is 0 Å². The molecule has 0 heterocycles. The Kier molecular flexibility index (Phi) is 3.70. The van der Waals surface area contributed by atoms with E-state index in [1.165, 1.54) is 0 Å². The Labute approximate surface area is 117 Å². The number of rotatable bonds is 2. The first-order valence-corrected chi connectivity index (χ1v) is 5.92. The maximum atomic E-state index is 9.35. The first kappa shape index (κ1) is 13.2. The van der Waals surface area contributed by atoms with E-state index in [1.54, 1.807) is 48.5 Å². The van der Waals surface area contributed by atoms with E-state index < -0.39 is 0 Å². The molecule has 0 spiro atoms. The van der Waals surface area contributed by atoms with Gasteiger partial charge < -0.3 is 11.5 Å². The highest BCUT2D eigenvalue weighted by Gasteiger charge is 2.11. The van der Waals surface area contributed by atoms with Crippen LogP contribution in [0.15, 0.2) is 48.5 Å². The molecule has 2 aromatic carbocycles. The van der Waals surface area contributed by atoms with Crippen molar-refractivity contribution in [3.05, 3.63) is 59.7 Å². The number of hydrogen-bond acceptors (Lipinski definition) is 4. The van der Waals surface area contributed by atoms with Crippen molar-refractivity contribution < 1.29 is 0 Å². The molecule has 2 rings (SSSR count). The van der Waals surface area contributed by atoms with Crippen LogP contribution in [0, 0.1) is 22.7 Å². The Morgan fingerprint density at radius 3 is 1.20 bits per heavy atom. The molecule has 0 unspecified atom stereocenters. The minimum Gasteiger partial charge on any atom is -0.399 e. The van der Waals surface area contributed by atoms with Gasteiger partial charge in [0, 0.05) is 11.4 Å². The molecule has 0 amide bonds. The van der Waals surface area contributed by atoms with E-state index in [0.29, 0.717) is 33.6 Å². The van der Waals surface area contributed by atoms with Crippen LogP contribution in [0.3, 0.4) is 0 Å². The Hall–Kier alpha value is -3.24. The molecule has 4 heteroatoms. The maximum absolute atomic E-state index is 9.35. The second-order valence-electron chi connectivity index (χ2n) is 4.22. The van der Waals surface area contributed by atoms with Crippen LogP contribution < -0.4 is 11.5 Å². The summed E-state index contributed by atoms with van der Waals surface area (Å²) in [5.74, 6) is 0. The van der Waals surface area contributed by atoms with Crippen molar-refractivity contribution in [2.24, 2.45) is 0 Å². The second kappa shape index (κ2) is 5.60. The van der Waals surface area contributed by atoms with Crippen LogP contribution in [0.4, 0.5) is 11.4 Å². The van der Waals surface area contributed by atoms with Crippen molar-refractivity contribution in [2.75, 3.05) is 11.5 Å². The monoisotopic (exact) mass is 260 g/mol. The molecular formula is C16H12N4. The molecule has 0 bridgehead atoms. The van der Waals surface area contributed by atoms with E-state index in [0.717, 1.165) is 0 Å². The number of nitrogen functional groups attached to an aromatic ring is 2. The summed E-state index contributed by atoms with van der Waals surface area (Å²) >= 11 is 0. The topological polar surface area (TPSA) is 99.6 Å². The van der Waals surface area contributed by atoms with Gasteiger partial charge in [0.2, 0.25) is 0 Å². The number of hydrogen-bond donors (Lipinski definition) is 2. The van der Waals surface area contributed by atoms with Crippen molar-refractivity contribution in [1.29, 1.82) is 10.5 Å². The molecule has 2 aromatic rings. The average molecular weight is 260 g/mol. The summed E-state index contributed by atoms with van der Waals surface area (Å²) in [6.07, 6.45) is 0. The predicted molar refractivity (Wildman–Crippen MR) is 79.7 cm³/mol. The fourth-order valence-corrected chi connectivity index (χ4v) is 1.83. The van der Waals surface area contributed by atoms with Gasteiger partial charge in [-0.05, 0) is 35.4 Å². The highest BCUT2D eigenvalue weighted by atomic mass is 14.5. The molecule has 0 aliphatic carbocycles. The molecule has 0 aromatic heterocycles.